The maximum absolute atomic E-state index is 11.6. The smallest absolute Gasteiger partial charge is 0.372 e. The standard InChI is InChI=1S/C8H14F3NO2/c1-2-5-14-6-7(13)12-4-3-8(9,10)11/h2-6H2,1H3,(H,12,13). The minimum atomic E-state index is -4.22. The predicted molar refractivity (Wildman–Crippen MR) is 44.8 cm³/mol. The van der Waals surface area contributed by atoms with Gasteiger partial charge in [-0.3, -0.25) is 4.79 Å². The first kappa shape index (κ1) is 13.2. The molecule has 0 atom stereocenters. The van der Waals surface area contributed by atoms with Crippen molar-refractivity contribution in [2.24, 2.45) is 0 Å². The molecule has 0 unspecified atom stereocenters. The lowest BCUT2D eigenvalue weighted by molar-refractivity contribution is -0.136. The van der Waals surface area contributed by atoms with Crippen LogP contribution in [0.1, 0.15) is 19.8 Å². The summed E-state index contributed by atoms with van der Waals surface area (Å²) in [7, 11) is 0. The van der Waals surface area contributed by atoms with E-state index in [-0.39, 0.29) is 6.61 Å². The van der Waals surface area contributed by atoms with Gasteiger partial charge in [0.2, 0.25) is 5.91 Å². The van der Waals surface area contributed by atoms with Crippen LogP contribution in [0.3, 0.4) is 0 Å². The molecule has 0 spiro atoms. The molecule has 0 saturated heterocycles. The SMILES string of the molecule is CCCOCC(=O)NCCC(F)(F)F. The number of amides is 1. The van der Waals surface area contributed by atoms with E-state index in [0.29, 0.717) is 6.61 Å². The third kappa shape index (κ3) is 9.31. The second kappa shape index (κ2) is 6.64. The van der Waals surface area contributed by atoms with Gasteiger partial charge in [-0.2, -0.15) is 13.2 Å². The van der Waals surface area contributed by atoms with Crippen LogP contribution in [0.25, 0.3) is 0 Å². The maximum atomic E-state index is 11.6. The summed E-state index contributed by atoms with van der Waals surface area (Å²) in [6.07, 6.45) is -4.46. The molecule has 0 rings (SSSR count). The van der Waals surface area contributed by atoms with Crippen LogP contribution in [0.2, 0.25) is 0 Å². The molecule has 1 N–H and O–H groups in total. The Morgan fingerprint density at radius 1 is 1.43 bits per heavy atom. The molecule has 0 radical (unpaired) electrons. The molecule has 6 heteroatoms. The van der Waals surface area contributed by atoms with Crippen LogP contribution in [0.4, 0.5) is 13.2 Å². The summed E-state index contributed by atoms with van der Waals surface area (Å²) < 4.78 is 39.7. The van der Waals surface area contributed by atoms with Crippen molar-refractivity contribution in [3.8, 4) is 0 Å². The van der Waals surface area contributed by atoms with Crippen LogP contribution in [0.15, 0.2) is 0 Å². The second-order valence-electron chi connectivity index (χ2n) is 2.77. The van der Waals surface area contributed by atoms with Crippen molar-refractivity contribution in [3.63, 3.8) is 0 Å². The van der Waals surface area contributed by atoms with Gasteiger partial charge in [0, 0.05) is 13.2 Å². The number of hydrogen-bond acceptors (Lipinski definition) is 2. The van der Waals surface area contributed by atoms with Crippen molar-refractivity contribution in [1.82, 2.24) is 5.32 Å². The lowest BCUT2D eigenvalue weighted by Gasteiger charge is -2.07. The summed E-state index contributed by atoms with van der Waals surface area (Å²) in [5.74, 6) is -0.511. The number of rotatable bonds is 6. The van der Waals surface area contributed by atoms with Gasteiger partial charge >= 0.3 is 6.18 Å². The Hall–Kier alpha value is -0.780. The monoisotopic (exact) mass is 213 g/mol. The van der Waals surface area contributed by atoms with Gasteiger partial charge < -0.3 is 10.1 Å². The first-order chi connectivity index (χ1) is 6.45. The third-order valence-electron chi connectivity index (χ3n) is 1.31. The Labute approximate surface area is 80.6 Å². The highest BCUT2D eigenvalue weighted by molar-refractivity contribution is 5.77. The van der Waals surface area contributed by atoms with Crippen LogP contribution < -0.4 is 5.32 Å². The lowest BCUT2D eigenvalue weighted by Crippen LogP contribution is -2.31. The van der Waals surface area contributed by atoms with E-state index in [1.807, 2.05) is 6.92 Å². The highest BCUT2D eigenvalue weighted by atomic mass is 19.4. The number of ether oxygens (including phenoxy) is 1. The van der Waals surface area contributed by atoms with Crippen LogP contribution in [0.5, 0.6) is 0 Å². The Morgan fingerprint density at radius 3 is 2.57 bits per heavy atom. The predicted octanol–water partition coefficient (Wildman–Crippen LogP) is 1.48. The molecular formula is C8H14F3NO2. The molecule has 0 saturated carbocycles. The summed E-state index contributed by atoms with van der Waals surface area (Å²) in [6.45, 7) is 1.75. The van der Waals surface area contributed by atoms with Gasteiger partial charge in [0.05, 0.1) is 6.42 Å². The molecule has 0 heterocycles. The molecule has 0 aliphatic heterocycles. The molecule has 3 nitrogen and oxygen atoms in total. The molecule has 0 aliphatic carbocycles. The van der Waals surface area contributed by atoms with Crippen molar-refractivity contribution in [1.29, 1.82) is 0 Å². The van der Waals surface area contributed by atoms with Gasteiger partial charge in [-0.15, -0.1) is 0 Å². The normalized spacial score (nSPS) is 11.4. The third-order valence-corrected chi connectivity index (χ3v) is 1.31. The summed E-state index contributed by atoms with van der Waals surface area (Å²) in [5, 5.41) is 2.11. The molecule has 0 bridgehead atoms. The lowest BCUT2D eigenvalue weighted by atomic mass is 10.4. The summed E-state index contributed by atoms with van der Waals surface area (Å²) in [6, 6.07) is 0. The van der Waals surface area contributed by atoms with Crippen LogP contribution in [-0.2, 0) is 9.53 Å². The number of alkyl halides is 3. The molecular weight excluding hydrogens is 199 g/mol. The van der Waals surface area contributed by atoms with E-state index in [9.17, 15) is 18.0 Å². The quantitative estimate of drug-likeness (QED) is 0.679. The van der Waals surface area contributed by atoms with E-state index in [4.69, 9.17) is 4.74 Å². The van der Waals surface area contributed by atoms with Crippen molar-refractivity contribution in [2.75, 3.05) is 19.8 Å². The van der Waals surface area contributed by atoms with Gasteiger partial charge in [0.1, 0.15) is 6.61 Å². The Balaban J connectivity index is 3.36. The van der Waals surface area contributed by atoms with E-state index < -0.39 is 25.0 Å². The van der Waals surface area contributed by atoms with E-state index in [2.05, 4.69) is 5.32 Å². The summed E-state index contributed by atoms with van der Waals surface area (Å²) in [4.78, 5) is 10.8. The van der Waals surface area contributed by atoms with E-state index >= 15 is 0 Å². The van der Waals surface area contributed by atoms with Crippen molar-refractivity contribution < 1.29 is 22.7 Å². The number of nitrogens with one attached hydrogen (secondary N) is 1. The average Bonchev–Trinajstić information content (AvgIpc) is 2.02. The molecule has 0 aromatic rings. The van der Waals surface area contributed by atoms with E-state index in [1.165, 1.54) is 0 Å². The van der Waals surface area contributed by atoms with Gasteiger partial charge in [-0.1, -0.05) is 6.92 Å². The number of hydrogen-bond donors (Lipinski definition) is 1. The zero-order valence-electron chi connectivity index (χ0n) is 7.99. The fourth-order valence-electron chi connectivity index (χ4n) is 0.704. The fraction of sp³-hybridized carbons (Fsp3) is 0.875. The number of carbonyl (C=O) groups is 1. The fourth-order valence-corrected chi connectivity index (χ4v) is 0.704. The van der Waals surface area contributed by atoms with Crippen LogP contribution in [0, 0.1) is 0 Å². The molecule has 0 aromatic carbocycles. The maximum Gasteiger partial charge on any atom is 0.390 e. The van der Waals surface area contributed by atoms with E-state index in [0.717, 1.165) is 6.42 Å². The Bertz CT molecular complexity index is 170. The van der Waals surface area contributed by atoms with Crippen LogP contribution >= 0.6 is 0 Å². The molecule has 14 heavy (non-hydrogen) atoms. The second-order valence-corrected chi connectivity index (χ2v) is 2.77. The van der Waals surface area contributed by atoms with Gasteiger partial charge in [-0.05, 0) is 6.42 Å². The first-order valence-corrected chi connectivity index (χ1v) is 4.37. The zero-order valence-corrected chi connectivity index (χ0v) is 7.99. The van der Waals surface area contributed by atoms with Crippen molar-refractivity contribution in [3.05, 3.63) is 0 Å². The Morgan fingerprint density at radius 2 is 2.07 bits per heavy atom. The average molecular weight is 213 g/mol. The molecule has 1 amide bonds. The van der Waals surface area contributed by atoms with Gasteiger partial charge in [-0.25, -0.2) is 0 Å². The highest BCUT2D eigenvalue weighted by Gasteiger charge is 2.26. The number of halogens is 3. The topological polar surface area (TPSA) is 38.3 Å². The van der Waals surface area contributed by atoms with Gasteiger partial charge in [0.25, 0.3) is 0 Å². The summed E-state index contributed by atoms with van der Waals surface area (Å²) >= 11 is 0. The van der Waals surface area contributed by atoms with E-state index in [1.54, 1.807) is 0 Å². The van der Waals surface area contributed by atoms with Crippen molar-refractivity contribution in [2.45, 2.75) is 25.9 Å². The van der Waals surface area contributed by atoms with Gasteiger partial charge in [0.15, 0.2) is 0 Å². The van der Waals surface area contributed by atoms with Crippen molar-refractivity contribution >= 4 is 5.91 Å². The highest BCUT2D eigenvalue weighted by Crippen LogP contribution is 2.17. The van der Waals surface area contributed by atoms with Crippen LogP contribution in [-0.4, -0.2) is 31.8 Å². The zero-order chi connectivity index (χ0) is 11.0. The minimum absolute atomic E-state index is 0.175. The minimum Gasteiger partial charge on any atom is -0.372 e. The first-order valence-electron chi connectivity index (χ1n) is 4.37. The Kier molecular flexibility index (Phi) is 6.27. The number of carbonyl (C=O) groups excluding carboxylic acids is 1. The molecule has 0 fully saturated rings. The molecule has 84 valence electrons. The summed E-state index contributed by atoms with van der Waals surface area (Å²) in [5.41, 5.74) is 0. The largest absolute Gasteiger partial charge is 0.390 e. The molecule has 0 aliphatic rings. The molecule has 0 aromatic heterocycles.